The minimum absolute atomic E-state index is 0.253. The zero-order valence-corrected chi connectivity index (χ0v) is 13.7. The number of hydrogen-bond acceptors (Lipinski definition) is 5. The molecule has 1 aliphatic rings. The van der Waals surface area contributed by atoms with Crippen molar-refractivity contribution < 1.29 is 4.74 Å². The highest BCUT2D eigenvalue weighted by Crippen LogP contribution is 2.26. The smallest absolute Gasteiger partial charge is 0.182 e. The largest absolute Gasteiger partial charge is 0.399 e. The van der Waals surface area contributed by atoms with Crippen molar-refractivity contribution in [2.24, 2.45) is 0 Å². The molecule has 2 aromatic heterocycles. The fraction of sp³-hybridized carbons (Fsp3) is 0.333. The fourth-order valence-corrected chi connectivity index (χ4v) is 3.06. The molecule has 0 radical (unpaired) electrons. The first-order valence-corrected chi connectivity index (χ1v) is 8.32. The van der Waals surface area contributed by atoms with Crippen LogP contribution in [0, 0.1) is 0 Å². The van der Waals surface area contributed by atoms with Crippen LogP contribution >= 0.6 is 0 Å². The van der Waals surface area contributed by atoms with Gasteiger partial charge in [0.2, 0.25) is 0 Å². The maximum absolute atomic E-state index is 5.79. The van der Waals surface area contributed by atoms with E-state index in [1.54, 1.807) is 0 Å². The van der Waals surface area contributed by atoms with Crippen LogP contribution in [0.25, 0.3) is 16.9 Å². The van der Waals surface area contributed by atoms with Gasteiger partial charge in [0, 0.05) is 30.5 Å². The first kappa shape index (κ1) is 15.0. The molecule has 1 saturated heterocycles. The Kier molecular flexibility index (Phi) is 3.82. The number of aromatic nitrogens is 3. The Bertz CT molecular complexity index is 842. The second-order valence-electron chi connectivity index (χ2n) is 6.07. The molecule has 6 nitrogen and oxygen atoms in total. The van der Waals surface area contributed by atoms with Crippen LogP contribution < -0.4 is 10.6 Å². The second kappa shape index (κ2) is 6.13. The monoisotopic (exact) mass is 323 g/mol. The van der Waals surface area contributed by atoms with E-state index in [9.17, 15) is 0 Å². The minimum atomic E-state index is 0.253. The van der Waals surface area contributed by atoms with Gasteiger partial charge >= 0.3 is 0 Å². The van der Waals surface area contributed by atoms with Gasteiger partial charge in [-0.15, -0.1) is 5.10 Å². The van der Waals surface area contributed by atoms with Gasteiger partial charge in [-0.25, -0.2) is 9.50 Å². The summed E-state index contributed by atoms with van der Waals surface area (Å²) in [6.07, 6.45) is 3.21. The number of morpholine rings is 1. The summed E-state index contributed by atoms with van der Waals surface area (Å²) in [5.74, 6) is 1.66. The van der Waals surface area contributed by atoms with Gasteiger partial charge in [0.1, 0.15) is 5.52 Å². The van der Waals surface area contributed by atoms with Crippen molar-refractivity contribution in [3.8, 4) is 11.4 Å². The molecular formula is C18H21N5O. The minimum Gasteiger partial charge on any atom is -0.399 e. The van der Waals surface area contributed by atoms with Crippen molar-refractivity contribution >= 4 is 17.0 Å². The van der Waals surface area contributed by atoms with E-state index in [4.69, 9.17) is 15.5 Å². The molecule has 1 aliphatic heterocycles. The molecule has 2 N–H and O–H groups in total. The topological polar surface area (TPSA) is 68.7 Å². The highest BCUT2D eigenvalue weighted by molar-refractivity contribution is 5.72. The zero-order valence-electron chi connectivity index (χ0n) is 13.7. The Balaban J connectivity index is 1.79. The first-order chi connectivity index (χ1) is 11.7. The second-order valence-corrected chi connectivity index (χ2v) is 6.07. The summed E-state index contributed by atoms with van der Waals surface area (Å²) in [5.41, 5.74) is 8.50. The number of nitrogens with two attached hydrogens (primary N) is 1. The number of ether oxygens (including phenoxy) is 1. The summed E-state index contributed by atoms with van der Waals surface area (Å²) in [6, 6.07) is 11.7. The van der Waals surface area contributed by atoms with Crippen LogP contribution in [0.2, 0.25) is 0 Å². The molecule has 0 aliphatic carbocycles. The molecule has 124 valence electrons. The molecule has 1 atom stereocenters. The number of nitrogens with zero attached hydrogens (tertiary/aromatic N) is 4. The Morgan fingerprint density at radius 1 is 1.25 bits per heavy atom. The van der Waals surface area contributed by atoms with Crippen LogP contribution in [0.3, 0.4) is 0 Å². The third kappa shape index (κ3) is 2.69. The average molecular weight is 323 g/mol. The molecule has 0 unspecified atom stereocenters. The molecule has 0 saturated carbocycles. The maximum Gasteiger partial charge on any atom is 0.182 e. The molecule has 1 aromatic carbocycles. The van der Waals surface area contributed by atoms with E-state index in [0.29, 0.717) is 5.82 Å². The molecule has 3 aromatic rings. The van der Waals surface area contributed by atoms with E-state index >= 15 is 0 Å². The molecule has 3 heterocycles. The number of nitrogen functional groups attached to an aromatic ring is 1. The summed E-state index contributed by atoms with van der Waals surface area (Å²) in [4.78, 5) is 7.16. The van der Waals surface area contributed by atoms with Gasteiger partial charge < -0.3 is 15.4 Å². The summed E-state index contributed by atoms with van der Waals surface area (Å²) in [5, 5.41) is 4.64. The van der Waals surface area contributed by atoms with Crippen molar-refractivity contribution in [3.05, 3.63) is 42.6 Å². The number of fused-ring (bicyclic) bond motifs is 1. The highest BCUT2D eigenvalue weighted by Gasteiger charge is 2.23. The normalized spacial score (nSPS) is 18.2. The molecule has 0 bridgehead atoms. The summed E-state index contributed by atoms with van der Waals surface area (Å²) >= 11 is 0. The van der Waals surface area contributed by atoms with Crippen molar-refractivity contribution in [1.82, 2.24) is 14.6 Å². The van der Waals surface area contributed by atoms with Crippen LogP contribution in [-0.2, 0) is 4.74 Å². The highest BCUT2D eigenvalue weighted by atomic mass is 16.5. The van der Waals surface area contributed by atoms with Crippen molar-refractivity contribution in [3.63, 3.8) is 0 Å². The van der Waals surface area contributed by atoms with Gasteiger partial charge in [0.15, 0.2) is 11.6 Å². The molecular weight excluding hydrogens is 302 g/mol. The Morgan fingerprint density at radius 3 is 2.88 bits per heavy atom. The van der Waals surface area contributed by atoms with Gasteiger partial charge in [-0.2, -0.15) is 0 Å². The van der Waals surface area contributed by atoms with Gasteiger partial charge in [-0.05, 0) is 42.8 Å². The quantitative estimate of drug-likeness (QED) is 0.750. The van der Waals surface area contributed by atoms with Gasteiger partial charge in [-0.1, -0.05) is 6.92 Å². The first-order valence-electron chi connectivity index (χ1n) is 8.32. The van der Waals surface area contributed by atoms with Crippen molar-refractivity contribution in [1.29, 1.82) is 0 Å². The molecule has 24 heavy (non-hydrogen) atoms. The van der Waals surface area contributed by atoms with Crippen LogP contribution in [0.4, 0.5) is 11.5 Å². The molecule has 1 fully saturated rings. The number of anilines is 2. The third-order valence-electron chi connectivity index (χ3n) is 4.43. The number of hydrogen-bond donors (Lipinski definition) is 1. The number of rotatable bonds is 3. The van der Waals surface area contributed by atoms with Gasteiger partial charge in [-0.3, -0.25) is 0 Å². The van der Waals surface area contributed by atoms with Crippen molar-refractivity contribution in [2.75, 3.05) is 30.3 Å². The Morgan fingerprint density at radius 2 is 2.08 bits per heavy atom. The Hall–Kier alpha value is -2.60. The van der Waals surface area contributed by atoms with E-state index in [1.165, 1.54) is 0 Å². The molecule has 4 rings (SSSR count). The van der Waals surface area contributed by atoms with E-state index < -0.39 is 0 Å². The van der Waals surface area contributed by atoms with Crippen LogP contribution in [0.15, 0.2) is 42.6 Å². The van der Waals surface area contributed by atoms with Gasteiger partial charge in [0.25, 0.3) is 0 Å². The van der Waals surface area contributed by atoms with Gasteiger partial charge in [0.05, 0.1) is 12.7 Å². The lowest BCUT2D eigenvalue weighted by molar-refractivity contribution is 0.0382. The predicted octanol–water partition coefficient (Wildman–Crippen LogP) is 2.59. The fourth-order valence-electron chi connectivity index (χ4n) is 3.06. The molecule has 0 amide bonds. The van der Waals surface area contributed by atoms with E-state index in [-0.39, 0.29) is 6.10 Å². The SMILES string of the molecule is CC[C@H]1CN(c2nc(-c3ccc(N)cc3)nn3cccc23)CCO1. The van der Waals surface area contributed by atoms with Crippen LogP contribution in [0.1, 0.15) is 13.3 Å². The van der Waals surface area contributed by atoms with E-state index in [2.05, 4.69) is 23.0 Å². The lowest BCUT2D eigenvalue weighted by Crippen LogP contribution is -2.42. The lowest BCUT2D eigenvalue weighted by atomic mass is 10.2. The standard InChI is InChI=1S/C18H21N5O/c1-2-15-12-22(10-11-24-15)18-16-4-3-9-23(16)21-17(20-18)13-5-7-14(19)8-6-13/h3-9,15H,2,10-12,19H2,1H3/t15-/m0/s1. The summed E-state index contributed by atoms with van der Waals surface area (Å²) in [7, 11) is 0. The summed E-state index contributed by atoms with van der Waals surface area (Å²) < 4.78 is 7.69. The molecule has 0 spiro atoms. The average Bonchev–Trinajstić information content (AvgIpc) is 3.10. The number of benzene rings is 1. The molecule has 6 heteroatoms. The zero-order chi connectivity index (χ0) is 16.5. The maximum atomic E-state index is 5.79. The van der Waals surface area contributed by atoms with E-state index in [1.807, 2.05) is 41.0 Å². The van der Waals surface area contributed by atoms with Crippen molar-refractivity contribution in [2.45, 2.75) is 19.4 Å². The van der Waals surface area contributed by atoms with E-state index in [0.717, 1.165) is 48.7 Å². The van der Waals surface area contributed by atoms with Crippen LogP contribution in [-0.4, -0.2) is 40.4 Å². The summed E-state index contributed by atoms with van der Waals surface area (Å²) in [6.45, 7) is 4.58. The Labute approximate surface area is 140 Å². The third-order valence-corrected chi connectivity index (χ3v) is 4.43. The lowest BCUT2D eigenvalue weighted by Gasteiger charge is -2.33. The predicted molar refractivity (Wildman–Crippen MR) is 95.1 cm³/mol. The van der Waals surface area contributed by atoms with Crippen LogP contribution in [0.5, 0.6) is 0 Å².